The highest BCUT2D eigenvalue weighted by molar-refractivity contribution is 9.10. The van der Waals surface area contributed by atoms with Crippen molar-refractivity contribution in [1.29, 1.82) is 0 Å². The minimum atomic E-state index is -0.348. The molecule has 0 atom stereocenters. The maximum atomic E-state index is 12.0. The molecule has 0 bridgehead atoms. The summed E-state index contributed by atoms with van der Waals surface area (Å²) in [4.78, 5) is 24.3. The Morgan fingerprint density at radius 1 is 1.30 bits per heavy atom. The Hall–Kier alpha value is -2.02. The highest BCUT2D eigenvalue weighted by Gasteiger charge is 2.10. The van der Waals surface area contributed by atoms with E-state index in [-0.39, 0.29) is 11.6 Å². The number of nitrogens with zero attached hydrogens (tertiary/aromatic N) is 3. The van der Waals surface area contributed by atoms with E-state index in [9.17, 15) is 4.79 Å². The summed E-state index contributed by atoms with van der Waals surface area (Å²) in [6.07, 6.45) is 5.57. The molecule has 0 aliphatic heterocycles. The zero-order valence-corrected chi connectivity index (χ0v) is 12.5. The van der Waals surface area contributed by atoms with Gasteiger partial charge >= 0.3 is 0 Å². The molecule has 2 rings (SSSR count). The van der Waals surface area contributed by atoms with Gasteiger partial charge in [0.2, 0.25) is 0 Å². The van der Waals surface area contributed by atoms with Crippen LogP contribution >= 0.6 is 15.9 Å². The Labute approximate surface area is 125 Å². The van der Waals surface area contributed by atoms with Crippen LogP contribution in [0.3, 0.4) is 0 Å². The summed E-state index contributed by atoms with van der Waals surface area (Å²) < 4.78 is 0.711. The lowest BCUT2D eigenvalue weighted by Gasteiger charge is -2.06. The second-order valence-corrected chi connectivity index (χ2v) is 4.86. The first-order valence-electron chi connectivity index (χ1n) is 6.18. The molecular formula is C13H14BrN5O. The van der Waals surface area contributed by atoms with Crippen LogP contribution in [0.2, 0.25) is 0 Å². The van der Waals surface area contributed by atoms with E-state index in [4.69, 9.17) is 0 Å². The van der Waals surface area contributed by atoms with Crippen molar-refractivity contribution in [3.63, 3.8) is 0 Å². The highest BCUT2D eigenvalue weighted by Crippen LogP contribution is 2.18. The number of carbonyl (C=O) groups is 1. The fourth-order valence-electron chi connectivity index (χ4n) is 1.44. The lowest BCUT2D eigenvalue weighted by Crippen LogP contribution is -2.15. The van der Waals surface area contributed by atoms with E-state index < -0.39 is 0 Å². The molecule has 0 saturated heterocycles. The Bertz CT molecular complexity index is 588. The van der Waals surface area contributed by atoms with Crippen molar-refractivity contribution in [2.24, 2.45) is 0 Å². The minimum Gasteiger partial charge on any atom is -0.369 e. The fourth-order valence-corrected chi connectivity index (χ4v) is 1.79. The Morgan fingerprint density at radius 3 is 2.80 bits per heavy atom. The van der Waals surface area contributed by atoms with E-state index in [1.807, 2.05) is 0 Å². The van der Waals surface area contributed by atoms with Crippen LogP contribution in [0.25, 0.3) is 0 Å². The van der Waals surface area contributed by atoms with Crippen LogP contribution < -0.4 is 10.6 Å². The number of nitrogens with one attached hydrogen (secondary N) is 2. The first-order valence-corrected chi connectivity index (χ1v) is 6.97. The minimum absolute atomic E-state index is 0.240. The number of amides is 1. The largest absolute Gasteiger partial charge is 0.369 e. The molecule has 0 aliphatic carbocycles. The highest BCUT2D eigenvalue weighted by atomic mass is 79.9. The second-order valence-electron chi connectivity index (χ2n) is 4.00. The molecule has 2 heterocycles. The molecule has 0 saturated carbocycles. The molecule has 0 radical (unpaired) electrons. The quantitative estimate of drug-likeness (QED) is 0.878. The van der Waals surface area contributed by atoms with Gasteiger partial charge in [0.15, 0.2) is 0 Å². The maximum Gasteiger partial charge on any atom is 0.277 e. The number of anilines is 2. The van der Waals surface area contributed by atoms with Crippen molar-refractivity contribution in [1.82, 2.24) is 15.0 Å². The van der Waals surface area contributed by atoms with Crippen LogP contribution in [0.1, 0.15) is 23.8 Å². The molecule has 0 fully saturated rings. The fraction of sp³-hybridized carbons (Fsp3) is 0.231. The van der Waals surface area contributed by atoms with Crippen molar-refractivity contribution in [3.8, 4) is 0 Å². The van der Waals surface area contributed by atoms with Gasteiger partial charge in [0, 0.05) is 12.7 Å². The van der Waals surface area contributed by atoms with Crippen LogP contribution in [0.15, 0.2) is 35.2 Å². The van der Waals surface area contributed by atoms with E-state index in [1.54, 1.807) is 18.3 Å². The number of aromatic nitrogens is 3. The van der Waals surface area contributed by atoms with E-state index >= 15 is 0 Å². The third-order valence-electron chi connectivity index (χ3n) is 2.43. The Kier molecular flexibility index (Phi) is 5.00. The SMILES string of the molecule is CCCNc1cnc(C(=O)Nc2ncccc2Br)cn1. The molecular weight excluding hydrogens is 322 g/mol. The van der Waals surface area contributed by atoms with Gasteiger partial charge in [0.05, 0.1) is 16.9 Å². The summed E-state index contributed by atoms with van der Waals surface area (Å²) in [5, 5.41) is 5.76. The molecule has 0 aromatic carbocycles. The van der Waals surface area contributed by atoms with Crippen LogP contribution in [-0.2, 0) is 0 Å². The third kappa shape index (κ3) is 3.74. The standard InChI is InChI=1S/C13H14BrN5O/c1-2-5-15-11-8-17-10(7-18-11)13(20)19-12-9(14)4-3-6-16-12/h3-4,6-8H,2,5H2,1H3,(H,15,18)(H,16,19,20). The first-order chi connectivity index (χ1) is 9.70. The summed E-state index contributed by atoms with van der Waals surface area (Å²) in [6, 6.07) is 3.57. The van der Waals surface area contributed by atoms with Gasteiger partial charge in [-0.2, -0.15) is 0 Å². The predicted molar refractivity (Wildman–Crippen MR) is 80.7 cm³/mol. The van der Waals surface area contributed by atoms with E-state index in [0.717, 1.165) is 13.0 Å². The molecule has 2 N–H and O–H groups in total. The summed E-state index contributed by atoms with van der Waals surface area (Å²) in [5.41, 5.74) is 0.240. The number of rotatable bonds is 5. The number of halogens is 1. The number of carbonyl (C=O) groups excluding carboxylic acids is 1. The van der Waals surface area contributed by atoms with Gasteiger partial charge in [-0.05, 0) is 34.5 Å². The zero-order chi connectivity index (χ0) is 14.4. The summed E-state index contributed by atoms with van der Waals surface area (Å²) >= 11 is 3.31. The van der Waals surface area contributed by atoms with Crippen LogP contribution in [-0.4, -0.2) is 27.4 Å². The van der Waals surface area contributed by atoms with Crippen molar-refractivity contribution in [2.45, 2.75) is 13.3 Å². The molecule has 6 nitrogen and oxygen atoms in total. The number of hydrogen-bond acceptors (Lipinski definition) is 5. The van der Waals surface area contributed by atoms with Crippen molar-refractivity contribution in [2.75, 3.05) is 17.2 Å². The maximum absolute atomic E-state index is 12.0. The van der Waals surface area contributed by atoms with E-state index in [1.165, 1.54) is 12.4 Å². The second kappa shape index (κ2) is 6.95. The predicted octanol–water partition coefficient (Wildman–Crippen LogP) is 2.71. The molecule has 0 spiro atoms. The lowest BCUT2D eigenvalue weighted by molar-refractivity contribution is 0.102. The molecule has 0 aliphatic rings. The smallest absolute Gasteiger partial charge is 0.277 e. The van der Waals surface area contributed by atoms with E-state index in [0.29, 0.717) is 16.1 Å². The average Bonchev–Trinajstić information content (AvgIpc) is 2.48. The van der Waals surface area contributed by atoms with Gasteiger partial charge < -0.3 is 10.6 Å². The zero-order valence-electron chi connectivity index (χ0n) is 10.9. The summed E-state index contributed by atoms with van der Waals surface area (Å²) in [6.45, 7) is 2.88. The topological polar surface area (TPSA) is 79.8 Å². The first kappa shape index (κ1) is 14.4. The monoisotopic (exact) mass is 335 g/mol. The molecule has 2 aromatic rings. The Balaban J connectivity index is 2.04. The van der Waals surface area contributed by atoms with Gasteiger partial charge in [-0.3, -0.25) is 4.79 Å². The van der Waals surface area contributed by atoms with Crippen molar-refractivity contribution in [3.05, 3.63) is 40.9 Å². The van der Waals surface area contributed by atoms with Crippen LogP contribution in [0.4, 0.5) is 11.6 Å². The summed E-state index contributed by atoms with van der Waals surface area (Å²) in [7, 11) is 0. The van der Waals surface area contributed by atoms with E-state index in [2.05, 4.69) is 48.4 Å². The summed E-state index contributed by atoms with van der Waals surface area (Å²) in [5.74, 6) is 0.758. The van der Waals surface area contributed by atoms with Gasteiger partial charge in [0.25, 0.3) is 5.91 Å². The number of hydrogen-bond donors (Lipinski definition) is 2. The molecule has 7 heteroatoms. The van der Waals surface area contributed by atoms with Gasteiger partial charge in [-0.1, -0.05) is 6.92 Å². The van der Waals surface area contributed by atoms with Crippen molar-refractivity contribution >= 4 is 33.5 Å². The normalized spacial score (nSPS) is 10.1. The lowest BCUT2D eigenvalue weighted by atomic mass is 10.4. The molecule has 2 aromatic heterocycles. The molecule has 0 unspecified atom stereocenters. The van der Waals surface area contributed by atoms with Crippen LogP contribution in [0.5, 0.6) is 0 Å². The Morgan fingerprint density at radius 2 is 2.15 bits per heavy atom. The van der Waals surface area contributed by atoms with Crippen molar-refractivity contribution < 1.29 is 4.79 Å². The average molecular weight is 336 g/mol. The van der Waals surface area contributed by atoms with Gasteiger partial charge in [0.1, 0.15) is 17.3 Å². The van der Waals surface area contributed by atoms with Gasteiger partial charge in [-0.15, -0.1) is 0 Å². The molecule has 20 heavy (non-hydrogen) atoms. The molecule has 1 amide bonds. The van der Waals surface area contributed by atoms with Gasteiger partial charge in [-0.25, -0.2) is 15.0 Å². The number of pyridine rings is 1. The molecule has 104 valence electrons. The third-order valence-corrected chi connectivity index (χ3v) is 3.07. The van der Waals surface area contributed by atoms with Crippen LogP contribution in [0, 0.1) is 0 Å².